The van der Waals surface area contributed by atoms with Crippen LogP contribution in [0.5, 0.6) is 0 Å². The van der Waals surface area contributed by atoms with Gasteiger partial charge in [0.1, 0.15) is 0 Å². The van der Waals surface area contributed by atoms with Gasteiger partial charge in [0.25, 0.3) is 0 Å². The number of rotatable bonds is 4. The number of fused-ring (bicyclic) bond motifs is 10. The average Bonchev–Trinajstić information content (AvgIpc) is 3.82. The Morgan fingerprint density at radius 2 is 0.962 bits per heavy atom. The summed E-state index contributed by atoms with van der Waals surface area (Å²) in [5.74, 6) is 0. The lowest BCUT2D eigenvalue weighted by molar-refractivity contribution is 0.593. The van der Waals surface area contributed by atoms with Crippen LogP contribution < -0.4 is 15.9 Å². The molecule has 8 aromatic carbocycles. The maximum absolute atomic E-state index is 15.9. The van der Waals surface area contributed by atoms with Gasteiger partial charge in [0.15, 0.2) is 7.14 Å². The van der Waals surface area contributed by atoms with Crippen molar-refractivity contribution in [3.63, 3.8) is 0 Å². The quantitative estimate of drug-likeness (QED) is 0.170. The van der Waals surface area contributed by atoms with Crippen molar-refractivity contribution in [3.05, 3.63) is 188 Å². The Labute approximate surface area is 301 Å². The summed E-state index contributed by atoms with van der Waals surface area (Å²) in [6.45, 7) is 0. The second-order valence-electron chi connectivity index (χ2n) is 13.6. The minimum absolute atomic E-state index is 0.866. The molecule has 0 bridgehead atoms. The number of aromatic nitrogens is 2. The molecule has 0 radical (unpaired) electrons. The molecule has 11 rings (SSSR count). The highest BCUT2D eigenvalue weighted by atomic mass is 31.2. The lowest BCUT2D eigenvalue weighted by atomic mass is 10.0. The van der Waals surface area contributed by atoms with Gasteiger partial charge < -0.3 is 13.7 Å². The number of para-hydroxylation sites is 3. The van der Waals surface area contributed by atoms with Crippen molar-refractivity contribution >= 4 is 66.7 Å². The molecular formula is C48H31N2OP. The minimum Gasteiger partial charge on any atom is -0.309 e. The molecule has 0 N–H and O–H groups in total. The zero-order chi connectivity index (χ0) is 34.4. The molecule has 0 fully saturated rings. The van der Waals surface area contributed by atoms with Crippen molar-refractivity contribution in [3.8, 4) is 33.6 Å². The molecule has 1 unspecified atom stereocenters. The topological polar surface area (TPSA) is 26.9 Å². The van der Waals surface area contributed by atoms with Crippen LogP contribution in [0.25, 0.3) is 77.2 Å². The lowest BCUT2D eigenvalue weighted by Crippen LogP contribution is -2.22. The number of hydrogen-bond acceptors (Lipinski definition) is 1. The Bertz CT molecular complexity index is 3080. The van der Waals surface area contributed by atoms with Gasteiger partial charge in [0.2, 0.25) is 0 Å². The fourth-order valence-corrected chi connectivity index (χ4v) is 11.9. The zero-order valence-corrected chi connectivity index (χ0v) is 29.0. The number of benzene rings is 8. The molecular weight excluding hydrogens is 652 g/mol. The van der Waals surface area contributed by atoms with Crippen molar-refractivity contribution in [2.24, 2.45) is 0 Å². The third kappa shape index (κ3) is 4.00. The molecule has 244 valence electrons. The van der Waals surface area contributed by atoms with E-state index in [-0.39, 0.29) is 0 Å². The van der Waals surface area contributed by atoms with Crippen LogP contribution in [0.2, 0.25) is 0 Å². The minimum atomic E-state index is -3.19. The van der Waals surface area contributed by atoms with Gasteiger partial charge in [-0.15, -0.1) is 0 Å². The van der Waals surface area contributed by atoms with Crippen molar-refractivity contribution in [2.75, 3.05) is 0 Å². The molecule has 0 saturated heterocycles. The normalized spacial score (nSPS) is 15.1. The van der Waals surface area contributed by atoms with Crippen LogP contribution in [0.15, 0.2) is 188 Å². The second-order valence-corrected chi connectivity index (χ2v) is 16.3. The Morgan fingerprint density at radius 3 is 1.73 bits per heavy atom. The standard InChI is InChI=1S/C48H31N2OP/c51-52(36-15-5-2-6-16-36)46-22-12-9-19-39(46)41-29-28-40-37-17-7-11-21-44(37)50(47(40)48(41)52)35-26-23-32(24-27-35)33-25-30-45-42(31-33)38-18-8-10-20-43(38)49(45)34-13-3-1-4-14-34/h1-31H. The maximum Gasteiger partial charge on any atom is 0.174 e. The van der Waals surface area contributed by atoms with E-state index in [1.165, 1.54) is 27.4 Å². The van der Waals surface area contributed by atoms with Crippen LogP contribution in [0.1, 0.15) is 0 Å². The first-order valence-corrected chi connectivity index (χ1v) is 19.4. The van der Waals surface area contributed by atoms with Crippen molar-refractivity contribution in [2.45, 2.75) is 0 Å². The van der Waals surface area contributed by atoms with Crippen LogP contribution in [0.4, 0.5) is 0 Å². The first-order chi connectivity index (χ1) is 25.7. The van der Waals surface area contributed by atoms with Gasteiger partial charge >= 0.3 is 0 Å². The molecule has 1 aliphatic rings. The zero-order valence-electron chi connectivity index (χ0n) is 28.1. The molecule has 2 aromatic heterocycles. The molecule has 0 spiro atoms. The molecule has 1 atom stereocenters. The van der Waals surface area contributed by atoms with Gasteiger partial charge in [-0.25, -0.2) is 0 Å². The molecule has 0 saturated carbocycles. The first-order valence-electron chi connectivity index (χ1n) is 17.7. The Balaban J connectivity index is 1.12. The van der Waals surface area contributed by atoms with Gasteiger partial charge in [0.05, 0.1) is 27.4 Å². The highest BCUT2D eigenvalue weighted by Gasteiger charge is 2.42. The number of hydrogen-bond donors (Lipinski definition) is 0. The van der Waals surface area contributed by atoms with Crippen LogP contribution >= 0.6 is 7.14 Å². The molecule has 0 amide bonds. The first kappa shape index (κ1) is 29.3. The molecule has 52 heavy (non-hydrogen) atoms. The van der Waals surface area contributed by atoms with E-state index in [0.717, 1.165) is 65.8 Å². The van der Waals surface area contributed by atoms with Crippen LogP contribution in [0.3, 0.4) is 0 Å². The summed E-state index contributed by atoms with van der Waals surface area (Å²) in [6, 6.07) is 66.2. The van der Waals surface area contributed by atoms with Gasteiger partial charge in [-0.2, -0.15) is 0 Å². The highest BCUT2D eigenvalue weighted by molar-refractivity contribution is 7.86. The van der Waals surface area contributed by atoms with Crippen molar-refractivity contribution in [1.82, 2.24) is 9.13 Å². The molecule has 10 aromatic rings. The third-order valence-electron chi connectivity index (χ3n) is 10.9. The molecule has 3 nitrogen and oxygen atoms in total. The molecule has 4 heteroatoms. The van der Waals surface area contributed by atoms with E-state index in [0.29, 0.717) is 0 Å². The SMILES string of the molecule is O=P1(c2ccccc2)c2ccccc2-c2ccc3c4ccccc4n(-c4ccc(-c5ccc6c(c5)c5ccccc5n6-c5ccccc5)cc4)c3c21. The largest absolute Gasteiger partial charge is 0.309 e. The van der Waals surface area contributed by atoms with Gasteiger partial charge in [0, 0.05) is 43.5 Å². The summed E-state index contributed by atoms with van der Waals surface area (Å²) in [4.78, 5) is 0. The summed E-state index contributed by atoms with van der Waals surface area (Å²) in [5, 5.41) is 7.45. The summed E-state index contributed by atoms with van der Waals surface area (Å²) in [7, 11) is -3.19. The Morgan fingerprint density at radius 1 is 0.385 bits per heavy atom. The predicted molar refractivity (Wildman–Crippen MR) is 219 cm³/mol. The van der Waals surface area contributed by atoms with E-state index in [2.05, 4.69) is 161 Å². The Kier molecular flexibility index (Phi) is 6.23. The van der Waals surface area contributed by atoms with E-state index in [4.69, 9.17) is 0 Å². The van der Waals surface area contributed by atoms with Crippen LogP contribution in [0, 0.1) is 0 Å². The molecule has 0 aliphatic carbocycles. The second kappa shape index (κ2) is 11.0. The van der Waals surface area contributed by atoms with Crippen LogP contribution in [-0.2, 0) is 4.57 Å². The van der Waals surface area contributed by atoms with E-state index in [9.17, 15) is 0 Å². The average molecular weight is 683 g/mol. The van der Waals surface area contributed by atoms with Gasteiger partial charge in [-0.05, 0) is 70.8 Å². The molecule has 3 heterocycles. The van der Waals surface area contributed by atoms with Gasteiger partial charge in [-0.1, -0.05) is 140 Å². The van der Waals surface area contributed by atoms with E-state index in [1.807, 2.05) is 36.4 Å². The summed E-state index contributed by atoms with van der Waals surface area (Å²) < 4.78 is 20.5. The maximum atomic E-state index is 15.9. The lowest BCUT2D eigenvalue weighted by Gasteiger charge is -2.18. The predicted octanol–water partition coefficient (Wildman–Crippen LogP) is 11.2. The number of nitrogens with zero attached hydrogens (tertiary/aromatic N) is 2. The van der Waals surface area contributed by atoms with Crippen molar-refractivity contribution in [1.29, 1.82) is 0 Å². The van der Waals surface area contributed by atoms with E-state index in [1.54, 1.807) is 0 Å². The fourth-order valence-electron chi connectivity index (χ4n) is 8.66. The van der Waals surface area contributed by atoms with Crippen molar-refractivity contribution < 1.29 is 4.57 Å². The summed E-state index contributed by atoms with van der Waals surface area (Å²) in [6.07, 6.45) is 0. The molecule has 1 aliphatic heterocycles. The van der Waals surface area contributed by atoms with E-state index < -0.39 is 7.14 Å². The summed E-state index contributed by atoms with van der Waals surface area (Å²) in [5.41, 5.74) is 11.1. The third-order valence-corrected chi connectivity index (χ3v) is 14.1. The van der Waals surface area contributed by atoms with Crippen LogP contribution in [-0.4, -0.2) is 9.13 Å². The highest BCUT2D eigenvalue weighted by Crippen LogP contribution is 2.55. The van der Waals surface area contributed by atoms with E-state index >= 15 is 4.57 Å². The summed E-state index contributed by atoms with van der Waals surface area (Å²) >= 11 is 0. The van der Waals surface area contributed by atoms with Gasteiger partial charge in [-0.3, -0.25) is 0 Å². The fraction of sp³-hybridized carbons (Fsp3) is 0. The smallest absolute Gasteiger partial charge is 0.174 e. The Hall–Kier alpha value is -6.41. The monoisotopic (exact) mass is 682 g/mol.